The highest BCUT2D eigenvalue weighted by atomic mass is 15.1. The lowest BCUT2D eigenvalue weighted by Crippen LogP contribution is -2.02. The lowest BCUT2D eigenvalue weighted by Gasteiger charge is -2.16. The molecule has 0 unspecified atom stereocenters. The van der Waals surface area contributed by atoms with Gasteiger partial charge in [-0.25, -0.2) is 4.85 Å². The van der Waals surface area contributed by atoms with Crippen molar-refractivity contribution < 1.29 is 0 Å². The van der Waals surface area contributed by atoms with E-state index in [0.29, 0.717) is 11.3 Å². The van der Waals surface area contributed by atoms with Gasteiger partial charge in [-0.15, -0.1) is 0 Å². The van der Waals surface area contributed by atoms with Gasteiger partial charge >= 0.3 is 0 Å². The second-order valence-electron chi connectivity index (χ2n) is 14.0. The number of fused-ring (bicyclic) bond motifs is 9. The van der Waals surface area contributed by atoms with Gasteiger partial charge in [0, 0.05) is 32.6 Å². The summed E-state index contributed by atoms with van der Waals surface area (Å²) in [6, 6.07) is 63.8. The molecule has 11 rings (SSSR count). The molecule has 3 heterocycles. The summed E-state index contributed by atoms with van der Waals surface area (Å²) in [6.07, 6.45) is 0. The fourth-order valence-corrected chi connectivity index (χ4v) is 8.74. The van der Waals surface area contributed by atoms with Crippen LogP contribution in [-0.2, 0) is 0 Å². The molecule has 0 saturated heterocycles. The van der Waals surface area contributed by atoms with E-state index in [-0.39, 0.29) is 0 Å². The van der Waals surface area contributed by atoms with E-state index in [4.69, 9.17) is 6.57 Å². The Morgan fingerprint density at radius 3 is 1.64 bits per heavy atom. The second kappa shape index (κ2) is 11.8. The number of rotatable bonds is 4. The Kier molecular flexibility index (Phi) is 6.61. The first-order valence-electron chi connectivity index (χ1n) is 18.3. The van der Waals surface area contributed by atoms with Crippen molar-refractivity contribution in [2.75, 3.05) is 0 Å². The minimum absolute atomic E-state index is 0.595. The number of hydrogen-bond donors (Lipinski definition) is 0. The zero-order valence-electron chi connectivity index (χ0n) is 29.5. The highest BCUT2D eigenvalue weighted by Crippen LogP contribution is 2.41. The number of benzene rings is 8. The summed E-state index contributed by atoms with van der Waals surface area (Å²) in [6.45, 7) is 7.62. The zero-order chi connectivity index (χ0) is 36.6. The van der Waals surface area contributed by atoms with Crippen LogP contribution in [-0.4, -0.2) is 13.7 Å². The minimum Gasteiger partial charge on any atom is -0.309 e. The van der Waals surface area contributed by atoms with Crippen LogP contribution in [0.15, 0.2) is 176 Å². The molecular formula is C50H29N5. The summed E-state index contributed by atoms with van der Waals surface area (Å²) in [4.78, 5) is 3.71. The third kappa shape index (κ3) is 4.45. The Balaban J connectivity index is 1.17. The molecule has 0 saturated carbocycles. The monoisotopic (exact) mass is 699 g/mol. The highest BCUT2D eigenvalue weighted by Gasteiger charge is 2.22. The minimum atomic E-state index is 0.595. The Morgan fingerprint density at radius 1 is 0.418 bits per heavy atom. The van der Waals surface area contributed by atoms with Crippen molar-refractivity contribution in [1.29, 1.82) is 5.26 Å². The van der Waals surface area contributed by atoms with Crippen LogP contribution < -0.4 is 0 Å². The van der Waals surface area contributed by atoms with E-state index in [9.17, 15) is 5.26 Å². The van der Waals surface area contributed by atoms with Crippen LogP contribution >= 0.6 is 0 Å². The SMILES string of the molecule is [C-]#[N+]c1ccc2c(c1)c1ccccc1n2-c1cccc(-c2ccc(C#N)c(-n3c4ccccc4c4cccc(-n5c6ccccc6c6ccccc65)c43)c2)c1. The molecule has 0 aliphatic rings. The summed E-state index contributed by atoms with van der Waals surface area (Å²) >= 11 is 0. The van der Waals surface area contributed by atoms with Gasteiger partial charge in [0.2, 0.25) is 0 Å². The largest absolute Gasteiger partial charge is 0.309 e. The smallest absolute Gasteiger partial charge is 0.188 e. The van der Waals surface area contributed by atoms with Gasteiger partial charge in [0.25, 0.3) is 0 Å². The van der Waals surface area contributed by atoms with E-state index in [1.165, 1.54) is 10.8 Å². The van der Waals surface area contributed by atoms with Gasteiger partial charge in [-0.1, -0.05) is 109 Å². The molecule has 254 valence electrons. The van der Waals surface area contributed by atoms with Crippen LogP contribution in [0.5, 0.6) is 0 Å². The Morgan fingerprint density at radius 2 is 0.964 bits per heavy atom. The Labute approximate surface area is 316 Å². The van der Waals surface area contributed by atoms with E-state index in [1.54, 1.807) is 0 Å². The molecule has 0 atom stereocenters. The van der Waals surface area contributed by atoms with Crippen LogP contribution in [0.4, 0.5) is 5.69 Å². The Hall–Kier alpha value is -7.86. The lowest BCUT2D eigenvalue weighted by molar-refractivity contribution is 1.12. The van der Waals surface area contributed by atoms with E-state index in [1.807, 2.05) is 30.3 Å². The van der Waals surface area contributed by atoms with Crippen LogP contribution in [0.3, 0.4) is 0 Å². The number of nitrogens with zero attached hydrogens (tertiary/aromatic N) is 5. The summed E-state index contributed by atoms with van der Waals surface area (Å²) in [5.74, 6) is 0. The molecule has 0 fully saturated rings. The normalized spacial score (nSPS) is 11.6. The molecule has 5 nitrogen and oxygen atoms in total. The molecule has 0 bridgehead atoms. The standard InChI is InChI=1S/C50H29N5/c1-52-35-26-27-47-42(30-35)40-17-5-6-19-43(40)53(47)36-13-10-12-32(28-36)33-24-25-34(31-51)49(29-33)55-46-22-9-4-16-39(46)41-18-11-23-48(50(41)55)54-44-20-7-2-14-37(44)38-15-3-8-21-45(38)54/h2-30H. The maximum Gasteiger partial charge on any atom is 0.188 e. The fraction of sp³-hybridized carbons (Fsp3) is 0. The lowest BCUT2D eigenvalue weighted by atomic mass is 10.0. The average molecular weight is 700 g/mol. The molecule has 3 aromatic heterocycles. The van der Waals surface area contributed by atoms with E-state index in [2.05, 4.69) is 170 Å². The second-order valence-corrected chi connectivity index (χ2v) is 14.0. The molecule has 0 amide bonds. The average Bonchev–Trinajstić information content (AvgIpc) is 3.89. The number of nitriles is 1. The van der Waals surface area contributed by atoms with Crippen LogP contribution in [0, 0.1) is 17.9 Å². The third-order valence-electron chi connectivity index (χ3n) is 11.1. The zero-order valence-corrected chi connectivity index (χ0v) is 29.5. The number of aromatic nitrogens is 3. The van der Waals surface area contributed by atoms with Crippen molar-refractivity contribution >= 4 is 71.1 Å². The Bertz CT molecular complexity index is 3420. The first-order chi connectivity index (χ1) is 27.2. The van der Waals surface area contributed by atoms with Gasteiger partial charge in [-0.3, -0.25) is 0 Å². The molecule has 0 radical (unpaired) electrons. The van der Waals surface area contributed by atoms with Crippen molar-refractivity contribution in [3.05, 3.63) is 193 Å². The van der Waals surface area contributed by atoms with Crippen molar-refractivity contribution in [3.8, 4) is 34.3 Å². The van der Waals surface area contributed by atoms with Gasteiger partial charge in [0.15, 0.2) is 5.69 Å². The van der Waals surface area contributed by atoms with Crippen LogP contribution in [0.1, 0.15) is 5.56 Å². The van der Waals surface area contributed by atoms with E-state index >= 15 is 0 Å². The van der Waals surface area contributed by atoms with E-state index < -0.39 is 0 Å². The molecule has 8 aromatic carbocycles. The summed E-state index contributed by atoms with van der Waals surface area (Å²) in [5.41, 5.74) is 12.6. The predicted molar refractivity (Wildman–Crippen MR) is 226 cm³/mol. The van der Waals surface area contributed by atoms with Crippen molar-refractivity contribution in [2.45, 2.75) is 0 Å². The maximum absolute atomic E-state index is 10.7. The van der Waals surface area contributed by atoms with Gasteiger partial charge in [0.05, 0.1) is 56.6 Å². The third-order valence-corrected chi connectivity index (χ3v) is 11.1. The predicted octanol–water partition coefficient (Wildman–Crippen LogP) is 13.1. The summed E-state index contributed by atoms with van der Waals surface area (Å²) in [5, 5.41) is 17.5. The first kappa shape index (κ1) is 30.7. The number of hydrogen-bond acceptors (Lipinski definition) is 1. The first-order valence-corrected chi connectivity index (χ1v) is 18.3. The van der Waals surface area contributed by atoms with Gasteiger partial charge in [-0.05, 0) is 83.2 Å². The van der Waals surface area contributed by atoms with Gasteiger partial charge in [-0.2, -0.15) is 5.26 Å². The fourth-order valence-electron chi connectivity index (χ4n) is 8.74. The topological polar surface area (TPSA) is 42.9 Å². The summed E-state index contributed by atoms with van der Waals surface area (Å²) in [7, 11) is 0. The van der Waals surface area contributed by atoms with Crippen LogP contribution in [0.25, 0.3) is 98.5 Å². The van der Waals surface area contributed by atoms with Crippen molar-refractivity contribution in [3.63, 3.8) is 0 Å². The molecule has 0 aliphatic heterocycles. The highest BCUT2D eigenvalue weighted by molar-refractivity contribution is 6.15. The molecule has 55 heavy (non-hydrogen) atoms. The molecular weight excluding hydrogens is 671 g/mol. The van der Waals surface area contributed by atoms with Crippen molar-refractivity contribution in [2.24, 2.45) is 0 Å². The molecule has 0 aliphatic carbocycles. The maximum atomic E-state index is 10.7. The summed E-state index contributed by atoms with van der Waals surface area (Å²) < 4.78 is 6.93. The molecule has 0 spiro atoms. The van der Waals surface area contributed by atoms with Gasteiger partial charge in [0.1, 0.15) is 6.07 Å². The van der Waals surface area contributed by atoms with Crippen LogP contribution in [0.2, 0.25) is 0 Å². The van der Waals surface area contributed by atoms with E-state index in [0.717, 1.165) is 82.8 Å². The quantitative estimate of drug-likeness (QED) is 0.169. The number of para-hydroxylation sites is 5. The van der Waals surface area contributed by atoms with Gasteiger partial charge < -0.3 is 13.7 Å². The van der Waals surface area contributed by atoms with Crippen molar-refractivity contribution in [1.82, 2.24) is 13.7 Å². The molecule has 0 N–H and O–H groups in total. The molecule has 5 heteroatoms. The molecule has 11 aromatic rings.